The Labute approximate surface area is 65.5 Å². The second-order valence-corrected chi connectivity index (χ2v) is 2.48. The van der Waals surface area contributed by atoms with E-state index in [1.807, 2.05) is 34.9 Å². The zero-order chi connectivity index (χ0) is 8.27. The van der Waals surface area contributed by atoms with Crippen LogP contribution in [0.4, 0.5) is 0 Å². The second-order valence-electron chi connectivity index (χ2n) is 2.48. The summed E-state index contributed by atoms with van der Waals surface area (Å²) in [4.78, 5) is 10.5. The Hall–Kier alpha value is -1.32. The molecule has 0 atom stereocenters. The molecular formula is C7H12N3O+. The minimum atomic E-state index is -0.0126. The van der Waals surface area contributed by atoms with E-state index in [9.17, 15) is 4.79 Å². The fourth-order valence-electron chi connectivity index (χ4n) is 0.798. The summed E-state index contributed by atoms with van der Waals surface area (Å²) in [6, 6.07) is 0. The Kier molecular flexibility index (Phi) is 2.25. The molecule has 1 rings (SSSR count). The van der Waals surface area contributed by atoms with E-state index < -0.39 is 0 Å². The lowest BCUT2D eigenvalue weighted by atomic mass is 10.7. The van der Waals surface area contributed by atoms with E-state index >= 15 is 0 Å². The highest BCUT2D eigenvalue weighted by atomic mass is 16.1. The highest BCUT2D eigenvalue weighted by molar-refractivity contribution is 5.72. The maximum Gasteiger partial charge on any atom is 0.245 e. The lowest BCUT2D eigenvalue weighted by Gasteiger charge is -1.95. The van der Waals surface area contributed by atoms with Gasteiger partial charge in [-0.25, -0.2) is 9.13 Å². The average Bonchev–Trinajstić information content (AvgIpc) is 2.31. The predicted octanol–water partition coefficient (Wildman–Crippen LogP) is -0.594. The molecule has 1 amide bonds. The number of rotatable bonds is 2. The summed E-state index contributed by atoms with van der Waals surface area (Å²) in [5, 5.41) is 2.69. The molecule has 0 aliphatic heterocycles. The van der Waals surface area contributed by atoms with Crippen molar-refractivity contribution in [3.05, 3.63) is 18.7 Å². The van der Waals surface area contributed by atoms with Gasteiger partial charge in [-0.1, -0.05) is 0 Å². The van der Waals surface area contributed by atoms with Crippen LogP contribution in [0.1, 0.15) is 6.92 Å². The molecule has 60 valence electrons. The fraction of sp³-hybridized carbons (Fsp3) is 0.429. The van der Waals surface area contributed by atoms with Crippen LogP contribution in [0.2, 0.25) is 0 Å². The third-order valence-electron chi connectivity index (χ3n) is 1.33. The zero-order valence-corrected chi connectivity index (χ0v) is 6.74. The first-order valence-corrected chi connectivity index (χ1v) is 3.44. The topological polar surface area (TPSA) is 37.9 Å². The Balaban J connectivity index is 2.45. The molecule has 0 aliphatic rings. The molecule has 11 heavy (non-hydrogen) atoms. The van der Waals surface area contributed by atoms with E-state index in [1.54, 1.807) is 0 Å². The van der Waals surface area contributed by atoms with Crippen LogP contribution in [0.3, 0.4) is 0 Å². The second kappa shape index (κ2) is 3.18. The first kappa shape index (κ1) is 7.78. The van der Waals surface area contributed by atoms with Crippen molar-refractivity contribution in [3.63, 3.8) is 0 Å². The maximum absolute atomic E-state index is 10.5. The van der Waals surface area contributed by atoms with Crippen molar-refractivity contribution in [1.82, 2.24) is 9.88 Å². The molecule has 0 bridgehead atoms. The van der Waals surface area contributed by atoms with Crippen LogP contribution < -0.4 is 9.88 Å². The van der Waals surface area contributed by atoms with E-state index in [0.717, 1.165) is 0 Å². The Morgan fingerprint density at radius 2 is 2.45 bits per heavy atom. The summed E-state index contributed by atoms with van der Waals surface area (Å²) >= 11 is 0. The number of imidazole rings is 1. The van der Waals surface area contributed by atoms with Gasteiger partial charge in [-0.2, -0.15) is 0 Å². The molecule has 0 aliphatic carbocycles. The number of hydrogen-bond donors (Lipinski definition) is 1. The number of carbonyl (C=O) groups excluding carboxylic acids is 1. The third-order valence-corrected chi connectivity index (χ3v) is 1.33. The standard InChI is InChI=1S/C7H11N3O/c1-7(11)8-5-10-4-3-9(2)6-10/h3-4,6H,5H2,1-2H3/p+1. The molecule has 1 heterocycles. The van der Waals surface area contributed by atoms with Gasteiger partial charge in [0.15, 0.2) is 6.67 Å². The Morgan fingerprint density at radius 3 is 2.91 bits per heavy atom. The quantitative estimate of drug-likeness (QED) is 0.568. The molecule has 0 radical (unpaired) electrons. The Bertz CT molecular complexity index is 254. The molecule has 1 aromatic heterocycles. The molecule has 0 fully saturated rings. The normalized spacial score (nSPS) is 9.64. The number of nitrogens with one attached hydrogen (secondary N) is 1. The molecule has 0 saturated heterocycles. The first-order valence-electron chi connectivity index (χ1n) is 3.44. The van der Waals surface area contributed by atoms with Gasteiger partial charge in [-0.3, -0.25) is 4.79 Å². The number of amides is 1. The van der Waals surface area contributed by atoms with Gasteiger partial charge in [0, 0.05) is 6.92 Å². The number of carbonyl (C=O) groups is 1. The van der Waals surface area contributed by atoms with Crippen molar-refractivity contribution < 1.29 is 9.36 Å². The van der Waals surface area contributed by atoms with Gasteiger partial charge in [-0.15, -0.1) is 0 Å². The van der Waals surface area contributed by atoms with Crippen molar-refractivity contribution in [2.75, 3.05) is 0 Å². The van der Waals surface area contributed by atoms with Gasteiger partial charge in [0.05, 0.1) is 7.05 Å². The minimum absolute atomic E-state index is 0.0126. The highest BCUT2D eigenvalue weighted by Gasteiger charge is 1.98. The van der Waals surface area contributed by atoms with Crippen LogP contribution in [0.15, 0.2) is 18.7 Å². The summed E-state index contributed by atoms with van der Waals surface area (Å²) in [6.07, 6.45) is 5.72. The number of aryl methyl sites for hydroxylation is 1. The van der Waals surface area contributed by atoms with E-state index in [2.05, 4.69) is 5.32 Å². The van der Waals surface area contributed by atoms with Gasteiger partial charge in [-0.05, 0) is 0 Å². The van der Waals surface area contributed by atoms with Crippen LogP contribution in [-0.4, -0.2) is 10.5 Å². The number of aromatic nitrogens is 2. The molecule has 0 unspecified atom stereocenters. The molecule has 0 aromatic carbocycles. The fourth-order valence-corrected chi connectivity index (χ4v) is 0.798. The van der Waals surface area contributed by atoms with Crippen LogP contribution in [0, 0.1) is 0 Å². The van der Waals surface area contributed by atoms with Crippen LogP contribution >= 0.6 is 0 Å². The van der Waals surface area contributed by atoms with Crippen molar-refractivity contribution in [3.8, 4) is 0 Å². The van der Waals surface area contributed by atoms with E-state index in [0.29, 0.717) is 6.67 Å². The van der Waals surface area contributed by atoms with Gasteiger partial charge in [0.25, 0.3) is 0 Å². The molecule has 4 nitrogen and oxygen atoms in total. The van der Waals surface area contributed by atoms with Crippen LogP contribution in [-0.2, 0) is 18.5 Å². The maximum atomic E-state index is 10.5. The van der Waals surface area contributed by atoms with Gasteiger partial charge in [0.1, 0.15) is 12.4 Å². The summed E-state index contributed by atoms with van der Waals surface area (Å²) in [5.41, 5.74) is 0. The molecule has 1 aromatic rings. The molecule has 0 saturated carbocycles. The summed E-state index contributed by atoms with van der Waals surface area (Å²) < 4.78 is 3.81. The number of hydrogen-bond acceptors (Lipinski definition) is 1. The summed E-state index contributed by atoms with van der Waals surface area (Å²) in [6.45, 7) is 2.04. The molecule has 1 N–H and O–H groups in total. The van der Waals surface area contributed by atoms with Crippen molar-refractivity contribution in [2.24, 2.45) is 7.05 Å². The van der Waals surface area contributed by atoms with E-state index in [-0.39, 0.29) is 5.91 Å². The van der Waals surface area contributed by atoms with Gasteiger partial charge < -0.3 is 5.32 Å². The highest BCUT2D eigenvalue weighted by Crippen LogP contribution is 1.79. The monoisotopic (exact) mass is 154 g/mol. The number of nitrogens with zero attached hydrogens (tertiary/aromatic N) is 2. The smallest absolute Gasteiger partial charge is 0.245 e. The van der Waals surface area contributed by atoms with Gasteiger partial charge >= 0.3 is 0 Å². The van der Waals surface area contributed by atoms with Crippen LogP contribution in [0.5, 0.6) is 0 Å². The average molecular weight is 154 g/mol. The summed E-state index contributed by atoms with van der Waals surface area (Å²) in [5.74, 6) is -0.0126. The predicted molar refractivity (Wildman–Crippen MR) is 39.4 cm³/mol. The lowest BCUT2D eigenvalue weighted by Crippen LogP contribution is -2.26. The van der Waals surface area contributed by atoms with Gasteiger partial charge in [0.2, 0.25) is 12.2 Å². The zero-order valence-electron chi connectivity index (χ0n) is 6.74. The minimum Gasteiger partial charge on any atom is -0.320 e. The Morgan fingerprint density at radius 1 is 1.73 bits per heavy atom. The first-order chi connectivity index (χ1) is 5.18. The molecule has 4 heteroatoms. The molecular weight excluding hydrogens is 142 g/mol. The SMILES string of the molecule is CC(=O)NCn1cc[n+](C)c1. The van der Waals surface area contributed by atoms with E-state index in [4.69, 9.17) is 0 Å². The molecule has 0 spiro atoms. The van der Waals surface area contributed by atoms with Crippen molar-refractivity contribution in [1.29, 1.82) is 0 Å². The largest absolute Gasteiger partial charge is 0.320 e. The van der Waals surface area contributed by atoms with Crippen LogP contribution in [0.25, 0.3) is 0 Å². The third kappa shape index (κ3) is 2.41. The summed E-state index contributed by atoms with van der Waals surface area (Å²) in [7, 11) is 1.93. The van der Waals surface area contributed by atoms with Crippen molar-refractivity contribution >= 4 is 5.91 Å². The lowest BCUT2D eigenvalue weighted by molar-refractivity contribution is -0.671. The van der Waals surface area contributed by atoms with E-state index in [1.165, 1.54) is 6.92 Å². The van der Waals surface area contributed by atoms with Crippen molar-refractivity contribution in [2.45, 2.75) is 13.6 Å².